The summed E-state index contributed by atoms with van der Waals surface area (Å²) in [6.07, 6.45) is 1.11. The van der Waals surface area contributed by atoms with Gasteiger partial charge >= 0.3 is 5.97 Å². The van der Waals surface area contributed by atoms with Crippen molar-refractivity contribution in [3.8, 4) is 0 Å². The predicted molar refractivity (Wildman–Crippen MR) is 107 cm³/mol. The minimum atomic E-state index is -1.06. The van der Waals surface area contributed by atoms with Crippen LogP contribution in [0.4, 0.5) is 0 Å². The molecular weight excluding hydrogens is 356 g/mol. The van der Waals surface area contributed by atoms with Crippen molar-refractivity contribution in [2.24, 2.45) is 11.8 Å². The van der Waals surface area contributed by atoms with Crippen LogP contribution in [0, 0.1) is 11.8 Å². The Bertz CT molecular complexity index is 893. The maximum absolute atomic E-state index is 12.3. The molecule has 3 rings (SSSR count). The van der Waals surface area contributed by atoms with E-state index in [-0.39, 0.29) is 30.2 Å². The van der Waals surface area contributed by atoms with Gasteiger partial charge in [-0.1, -0.05) is 56.3 Å². The maximum Gasteiger partial charge on any atom is 0.326 e. The Hall–Kier alpha value is -2.89. The number of carboxylic acids is 1. The molecule has 2 aromatic carbocycles. The van der Waals surface area contributed by atoms with Gasteiger partial charge in [-0.15, -0.1) is 0 Å². The van der Waals surface area contributed by atoms with Gasteiger partial charge in [0.15, 0.2) is 0 Å². The third-order valence-electron chi connectivity index (χ3n) is 5.09. The Kier molecular flexibility index (Phi) is 5.97. The van der Waals surface area contributed by atoms with Gasteiger partial charge in [0.2, 0.25) is 11.8 Å². The van der Waals surface area contributed by atoms with Crippen LogP contribution < -0.4 is 10.6 Å². The van der Waals surface area contributed by atoms with Crippen LogP contribution in [-0.2, 0) is 14.4 Å². The van der Waals surface area contributed by atoms with E-state index >= 15 is 0 Å². The average Bonchev–Trinajstić information content (AvgIpc) is 3.45. The summed E-state index contributed by atoms with van der Waals surface area (Å²) in [5, 5.41) is 16.6. The maximum atomic E-state index is 12.3. The molecule has 1 aliphatic rings. The van der Waals surface area contributed by atoms with Crippen LogP contribution in [0.5, 0.6) is 0 Å². The fourth-order valence-corrected chi connectivity index (χ4v) is 3.53. The standard InChI is InChI=1S/C22H26N2O4/c1-13(2)9-19(22(27)28)24-20(25)12-23-21(26)18-11-17(18)16-8-7-14-5-3-4-6-15(14)10-16/h3-8,10,13,17-19H,9,11-12H2,1-2H3,(H,23,26)(H,24,25)(H,27,28)/t17?,18?,19-/m0/s1. The van der Waals surface area contributed by atoms with Gasteiger partial charge in [-0.3, -0.25) is 9.59 Å². The summed E-state index contributed by atoms with van der Waals surface area (Å²) in [5.41, 5.74) is 1.13. The quantitative estimate of drug-likeness (QED) is 0.654. The number of carbonyl (C=O) groups is 3. The molecule has 2 amide bonds. The molecule has 2 aromatic rings. The molecule has 0 bridgehead atoms. The van der Waals surface area contributed by atoms with Gasteiger partial charge in [-0.2, -0.15) is 0 Å². The summed E-state index contributed by atoms with van der Waals surface area (Å²) >= 11 is 0. The predicted octanol–water partition coefficient (Wildman–Crippen LogP) is 2.67. The Morgan fingerprint density at radius 1 is 1.11 bits per heavy atom. The minimum absolute atomic E-state index is 0.139. The highest BCUT2D eigenvalue weighted by molar-refractivity contribution is 5.90. The topological polar surface area (TPSA) is 95.5 Å². The molecule has 0 aromatic heterocycles. The lowest BCUT2D eigenvalue weighted by atomic mass is 10.0. The second-order valence-electron chi connectivity index (χ2n) is 7.86. The molecule has 6 nitrogen and oxygen atoms in total. The van der Waals surface area contributed by atoms with E-state index in [0.29, 0.717) is 6.42 Å². The van der Waals surface area contributed by atoms with E-state index in [9.17, 15) is 19.5 Å². The summed E-state index contributed by atoms with van der Waals surface area (Å²) in [5.74, 6) is -1.54. The van der Waals surface area contributed by atoms with Crippen molar-refractivity contribution in [2.75, 3.05) is 6.54 Å². The van der Waals surface area contributed by atoms with Gasteiger partial charge in [-0.05, 0) is 41.0 Å². The molecule has 1 saturated carbocycles. The highest BCUT2D eigenvalue weighted by Crippen LogP contribution is 2.48. The third kappa shape index (κ3) is 4.88. The Balaban J connectivity index is 1.50. The molecule has 1 fully saturated rings. The van der Waals surface area contributed by atoms with Crippen molar-refractivity contribution >= 4 is 28.6 Å². The number of amides is 2. The van der Waals surface area contributed by atoms with Crippen molar-refractivity contribution < 1.29 is 19.5 Å². The van der Waals surface area contributed by atoms with Crippen molar-refractivity contribution in [3.63, 3.8) is 0 Å². The second kappa shape index (κ2) is 8.42. The lowest BCUT2D eigenvalue weighted by Crippen LogP contribution is -2.46. The summed E-state index contributed by atoms with van der Waals surface area (Å²) < 4.78 is 0. The van der Waals surface area contributed by atoms with E-state index in [1.54, 1.807) is 0 Å². The summed E-state index contributed by atoms with van der Waals surface area (Å²) in [4.78, 5) is 35.6. The number of benzene rings is 2. The normalized spacial score (nSPS) is 19.2. The van der Waals surface area contributed by atoms with Gasteiger partial charge in [-0.25, -0.2) is 4.79 Å². The Morgan fingerprint density at radius 2 is 1.82 bits per heavy atom. The van der Waals surface area contributed by atoms with Crippen LogP contribution in [0.1, 0.15) is 38.2 Å². The lowest BCUT2D eigenvalue weighted by molar-refractivity contribution is -0.142. The number of fused-ring (bicyclic) bond motifs is 1. The summed E-state index contributed by atoms with van der Waals surface area (Å²) in [6, 6.07) is 13.4. The Morgan fingerprint density at radius 3 is 2.50 bits per heavy atom. The van der Waals surface area contributed by atoms with E-state index in [4.69, 9.17) is 0 Å². The summed E-state index contributed by atoms with van der Waals surface area (Å²) in [6.45, 7) is 3.58. The number of carbonyl (C=O) groups excluding carboxylic acids is 2. The van der Waals surface area contributed by atoms with Crippen molar-refractivity contribution in [2.45, 2.75) is 38.6 Å². The van der Waals surface area contributed by atoms with Crippen LogP contribution in [0.15, 0.2) is 42.5 Å². The van der Waals surface area contributed by atoms with E-state index in [2.05, 4.69) is 41.0 Å². The second-order valence-corrected chi connectivity index (χ2v) is 7.86. The largest absolute Gasteiger partial charge is 0.480 e. The van der Waals surface area contributed by atoms with Crippen molar-refractivity contribution in [3.05, 3.63) is 48.0 Å². The zero-order valence-electron chi connectivity index (χ0n) is 16.1. The van der Waals surface area contributed by atoms with Crippen LogP contribution in [-0.4, -0.2) is 35.5 Å². The van der Waals surface area contributed by atoms with Crippen molar-refractivity contribution in [1.82, 2.24) is 10.6 Å². The molecule has 0 aliphatic heterocycles. The number of rotatable bonds is 8. The van der Waals surface area contributed by atoms with Gasteiger partial charge in [0.25, 0.3) is 0 Å². The number of aliphatic carboxylic acids is 1. The monoisotopic (exact) mass is 382 g/mol. The number of hydrogen-bond acceptors (Lipinski definition) is 3. The molecule has 0 saturated heterocycles. The van der Waals surface area contributed by atoms with Crippen molar-refractivity contribution in [1.29, 1.82) is 0 Å². The van der Waals surface area contributed by atoms with Gasteiger partial charge < -0.3 is 15.7 Å². The zero-order chi connectivity index (χ0) is 20.3. The van der Waals surface area contributed by atoms with Crippen LogP contribution >= 0.6 is 0 Å². The SMILES string of the molecule is CC(C)C[C@H](NC(=O)CNC(=O)C1CC1c1ccc2ccccc2c1)C(=O)O. The molecule has 1 aliphatic carbocycles. The zero-order valence-corrected chi connectivity index (χ0v) is 16.1. The molecule has 3 atom stereocenters. The fourth-order valence-electron chi connectivity index (χ4n) is 3.53. The molecular formula is C22H26N2O4. The Labute approximate surface area is 164 Å². The fraction of sp³-hybridized carbons (Fsp3) is 0.409. The summed E-state index contributed by atoms with van der Waals surface area (Å²) in [7, 11) is 0. The molecule has 148 valence electrons. The first kappa shape index (κ1) is 19.9. The van der Waals surface area contributed by atoms with Gasteiger partial charge in [0, 0.05) is 5.92 Å². The molecule has 3 N–H and O–H groups in total. The van der Waals surface area contributed by atoms with Crippen LogP contribution in [0.25, 0.3) is 10.8 Å². The van der Waals surface area contributed by atoms with E-state index in [1.165, 1.54) is 5.39 Å². The first-order chi connectivity index (χ1) is 13.3. The molecule has 28 heavy (non-hydrogen) atoms. The lowest BCUT2D eigenvalue weighted by Gasteiger charge is -2.16. The third-order valence-corrected chi connectivity index (χ3v) is 5.09. The first-order valence-corrected chi connectivity index (χ1v) is 9.63. The molecule has 6 heteroatoms. The highest BCUT2D eigenvalue weighted by atomic mass is 16.4. The first-order valence-electron chi connectivity index (χ1n) is 9.63. The van der Waals surface area contributed by atoms with E-state index in [1.807, 2.05) is 26.0 Å². The van der Waals surface area contributed by atoms with E-state index < -0.39 is 17.9 Å². The smallest absolute Gasteiger partial charge is 0.326 e. The number of hydrogen-bond donors (Lipinski definition) is 3. The van der Waals surface area contributed by atoms with E-state index in [0.717, 1.165) is 17.4 Å². The average molecular weight is 382 g/mol. The molecule has 0 spiro atoms. The number of nitrogens with one attached hydrogen (secondary N) is 2. The molecule has 0 radical (unpaired) electrons. The van der Waals surface area contributed by atoms with Gasteiger partial charge in [0.1, 0.15) is 6.04 Å². The highest BCUT2D eigenvalue weighted by Gasteiger charge is 2.44. The van der Waals surface area contributed by atoms with Gasteiger partial charge in [0.05, 0.1) is 6.54 Å². The van der Waals surface area contributed by atoms with Crippen LogP contribution in [0.3, 0.4) is 0 Å². The van der Waals surface area contributed by atoms with Crippen LogP contribution in [0.2, 0.25) is 0 Å². The minimum Gasteiger partial charge on any atom is -0.480 e. The number of carboxylic acid groups (broad SMARTS) is 1. The molecule has 0 heterocycles. The molecule has 2 unspecified atom stereocenters.